The Balaban J connectivity index is 2.16. The summed E-state index contributed by atoms with van der Waals surface area (Å²) in [5.74, 6) is 2.23. The van der Waals surface area contributed by atoms with Crippen molar-refractivity contribution < 1.29 is 4.74 Å². The maximum Gasteiger partial charge on any atom is 0.119 e. The highest BCUT2D eigenvalue weighted by Gasteiger charge is 2.39. The van der Waals surface area contributed by atoms with Crippen LogP contribution in [0.5, 0.6) is 5.75 Å². The van der Waals surface area contributed by atoms with E-state index in [1.807, 2.05) is 12.1 Å². The molecule has 1 aliphatic carbocycles. The second kappa shape index (κ2) is 5.83. The van der Waals surface area contributed by atoms with Crippen LogP contribution in [-0.4, -0.2) is 19.2 Å². The van der Waals surface area contributed by atoms with Crippen molar-refractivity contribution >= 4 is 5.69 Å². The number of hydrogen-bond donors (Lipinski definition) is 2. The standard InChI is InChI=1S/C16H26N2O/c1-12-4-5-13(2)16(10-12,11-17)18-14-6-8-15(19-3)9-7-14/h6-9,12-13,18H,4-5,10-11,17H2,1-3H3. The number of ether oxygens (including phenoxy) is 1. The van der Waals surface area contributed by atoms with E-state index in [0.717, 1.165) is 23.8 Å². The van der Waals surface area contributed by atoms with Crippen LogP contribution in [0, 0.1) is 11.8 Å². The maximum atomic E-state index is 6.11. The Bertz CT molecular complexity index is 404. The normalized spacial score (nSPS) is 30.9. The monoisotopic (exact) mass is 262 g/mol. The summed E-state index contributed by atoms with van der Waals surface area (Å²) >= 11 is 0. The van der Waals surface area contributed by atoms with E-state index in [4.69, 9.17) is 10.5 Å². The number of methoxy groups -OCH3 is 1. The van der Waals surface area contributed by atoms with Crippen molar-refractivity contribution in [2.24, 2.45) is 17.6 Å². The fourth-order valence-corrected chi connectivity index (χ4v) is 3.21. The highest BCUT2D eigenvalue weighted by atomic mass is 16.5. The van der Waals surface area contributed by atoms with E-state index in [9.17, 15) is 0 Å². The Labute approximate surface area is 116 Å². The van der Waals surface area contributed by atoms with E-state index >= 15 is 0 Å². The van der Waals surface area contributed by atoms with Crippen molar-refractivity contribution in [1.82, 2.24) is 0 Å². The minimum absolute atomic E-state index is 0.0340. The third kappa shape index (κ3) is 3.03. The van der Waals surface area contributed by atoms with E-state index in [-0.39, 0.29) is 5.54 Å². The van der Waals surface area contributed by atoms with E-state index < -0.39 is 0 Å². The van der Waals surface area contributed by atoms with Crippen LogP contribution in [0.2, 0.25) is 0 Å². The first kappa shape index (κ1) is 14.2. The summed E-state index contributed by atoms with van der Waals surface area (Å²) in [6.07, 6.45) is 3.71. The topological polar surface area (TPSA) is 47.3 Å². The molecule has 19 heavy (non-hydrogen) atoms. The highest BCUT2D eigenvalue weighted by molar-refractivity contribution is 5.49. The van der Waals surface area contributed by atoms with Gasteiger partial charge in [-0.1, -0.05) is 20.3 Å². The number of nitrogens with two attached hydrogens (primary N) is 1. The molecule has 3 atom stereocenters. The van der Waals surface area contributed by atoms with Crippen LogP contribution in [0.4, 0.5) is 5.69 Å². The lowest BCUT2D eigenvalue weighted by molar-refractivity contribution is 0.188. The van der Waals surface area contributed by atoms with Crippen LogP contribution in [0.15, 0.2) is 24.3 Å². The van der Waals surface area contributed by atoms with E-state index in [2.05, 4.69) is 31.3 Å². The summed E-state index contributed by atoms with van der Waals surface area (Å²) in [5.41, 5.74) is 7.27. The summed E-state index contributed by atoms with van der Waals surface area (Å²) in [4.78, 5) is 0. The Morgan fingerprint density at radius 1 is 1.26 bits per heavy atom. The van der Waals surface area contributed by atoms with Crippen LogP contribution in [0.25, 0.3) is 0 Å². The molecule has 1 aliphatic rings. The predicted molar refractivity (Wildman–Crippen MR) is 80.6 cm³/mol. The molecule has 3 heteroatoms. The van der Waals surface area contributed by atoms with Gasteiger partial charge in [-0.25, -0.2) is 0 Å². The van der Waals surface area contributed by atoms with Crippen LogP contribution in [0.3, 0.4) is 0 Å². The van der Waals surface area contributed by atoms with E-state index in [0.29, 0.717) is 12.5 Å². The van der Waals surface area contributed by atoms with Gasteiger partial charge in [-0.05, 0) is 48.9 Å². The zero-order valence-electron chi connectivity index (χ0n) is 12.3. The maximum absolute atomic E-state index is 6.11. The Hall–Kier alpha value is -1.22. The van der Waals surface area contributed by atoms with E-state index in [1.54, 1.807) is 7.11 Å². The van der Waals surface area contributed by atoms with Gasteiger partial charge >= 0.3 is 0 Å². The average molecular weight is 262 g/mol. The molecule has 106 valence electrons. The van der Waals surface area contributed by atoms with Gasteiger partial charge < -0.3 is 15.8 Å². The summed E-state index contributed by atoms with van der Waals surface area (Å²) in [5, 5.41) is 3.69. The molecule has 3 nitrogen and oxygen atoms in total. The molecule has 1 aromatic carbocycles. The summed E-state index contributed by atoms with van der Waals surface area (Å²) in [6.45, 7) is 5.33. The van der Waals surface area contributed by atoms with Gasteiger partial charge in [0.1, 0.15) is 5.75 Å². The molecule has 1 fully saturated rings. The Morgan fingerprint density at radius 3 is 2.53 bits per heavy atom. The molecule has 3 unspecified atom stereocenters. The van der Waals surface area contributed by atoms with Crippen molar-refractivity contribution in [2.75, 3.05) is 19.0 Å². The van der Waals surface area contributed by atoms with Gasteiger partial charge in [0.25, 0.3) is 0 Å². The smallest absolute Gasteiger partial charge is 0.119 e. The van der Waals surface area contributed by atoms with Gasteiger partial charge in [0, 0.05) is 12.2 Å². The molecule has 0 heterocycles. The van der Waals surface area contributed by atoms with Crippen LogP contribution < -0.4 is 15.8 Å². The average Bonchev–Trinajstić information content (AvgIpc) is 2.43. The van der Waals surface area contributed by atoms with Gasteiger partial charge in [0.2, 0.25) is 0 Å². The first-order valence-corrected chi connectivity index (χ1v) is 7.22. The van der Waals surface area contributed by atoms with Gasteiger partial charge in [0.05, 0.1) is 12.6 Å². The number of anilines is 1. The lowest BCUT2D eigenvalue weighted by atomic mass is 9.69. The van der Waals surface area contributed by atoms with Crippen molar-refractivity contribution in [3.05, 3.63) is 24.3 Å². The number of benzene rings is 1. The first-order valence-electron chi connectivity index (χ1n) is 7.22. The Morgan fingerprint density at radius 2 is 1.95 bits per heavy atom. The highest BCUT2D eigenvalue weighted by Crippen LogP contribution is 2.38. The van der Waals surface area contributed by atoms with Gasteiger partial charge in [-0.3, -0.25) is 0 Å². The molecule has 0 spiro atoms. The number of rotatable bonds is 4. The second-order valence-corrected chi connectivity index (χ2v) is 6.00. The molecular formula is C16H26N2O. The van der Waals surface area contributed by atoms with Gasteiger partial charge in [-0.15, -0.1) is 0 Å². The fourth-order valence-electron chi connectivity index (χ4n) is 3.21. The molecule has 0 saturated heterocycles. The fraction of sp³-hybridized carbons (Fsp3) is 0.625. The van der Waals surface area contributed by atoms with Crippen molar-refractivity contribution in [1.29, 1.82) is 0 Å². The Kier molecular flexibility index (Phi) is 4.35. The zero-order chi connectivity index (χ0) is 13.9. The zero-order valence-corrected chi connectivity index (χ0v) is 12.3. The van der Waals surface area contributed by atoms with Gasteiger partial charge in [0.15, 0.2) is 0 Å². The van der Waals surface area contributed by atoms with Gasteiger partial charge in [-0.2, -0.15) is 0 Å². The summed E-state index contributed by atoms with van der Waals surface area (Å²) in [6, 6.07) is 8.12. The summed E-state index contributed by atoms with van der Waals surface area (Å²) in [7, 11) is 1.69. The minimum Gasteiger partial charge on any atom is -0.497 e. The lowest BCUT2D eigenvalue weighted by Gasteiger charge is -2.45. The minimum atomic E-state index is 0.0340. The molecular weight excluding hydrogens is 236 g/mol. The van der Waals surface area contributed by atoms with Crippen LogP contribution in [0.1, 0.15) is 33.1 Å². The first-order chi connectivity index (χ1) is 9.09. The molecule has 2 rings (SSSR count). The third-order valence-electron chi connectivity index (χ3n) is 4.60. The molecule has 0 radical (unpaired) electrons. The van der Waals surface area contributed by atoms with Crippen LogP contribution >= 0.6 is 0 Å². The largest absolute Gasteiger partial charge is 0.497 e. The molecule has 1 saturated carbocycles. The molecule has 0 amide bonds. The second-order valence-electron chi connectivity index (χ2n) is 6.00. The predicted octanol–water partition coefficient (Wildman–Crippen LogP) is 3.26. The van der Waals surface area contributed by atoms with Crippen molar-refractivity contribution in [3.8, 4) is 5.75 Å². The molecule has 3 N–H and O–H groups in total. The SMILES string of the molecule is COc1ccc(NC2(CN)CC(C)CCC2C)cc1. The molecule has 0 aliphatic heterocycles. The summed E-state index contributed by atoms with van der Waals surface area (Å²) < 4.78 is 5.20. The molecule has 1 aromatic rings. The van der Waals surface area contributed by atoms with Crippen molar-refractivity contribution in [3.63, 3.8) is 0 Å². The number of hydrogen-bond acceptors (Lipinski definition) is 3. The quantitative estimate of drug-likeness (QED) is 0.875. The van der Waals surface area contributed by atoms with E-state index in [1.165, 1.54) is 12.8 Å². The lowest BCUT2D eigenvalue weighted by Crippen LogP contribution is -2.54. The third-order valence-corrected chi connectivity index (χ3v) is 4.60. The molecule has 0 bridgehead atoms. The molecule has 0 aromatic heterocycles. The number of nitrogens with one attached hydrogen (secondary N) is 1. The van der Waals surface area contributed by atoms with Crippen molar-refractivity contribution in [2.45, 2.75) is 38.6 Å². The van der Waals surface area contributed by atoms with Crippen LogP contribution in [-0.2, 0) is 0 Å².